The Morgan fingerprint density at radius 3 is 2.68 bits per heavy atom. The number of fused-ring (bicyclic) bond motifs is 3. The molecular weight excluding hydrogens is 576 g/mol. The topological polar surface area (TPSA) is 75.4 Å². The zero-order valence-electron chi connectivity index (χ0n) is 24.8. The van der Waals surface area contributed by atoms with Crippen LogP contribution in [0.5, 0.6) is 6.01 Å². The molecule has 2 aliphatic heterocycles. The van der Waals surface area contributed by atoms with Gasteiger partial charge in [-0.1, -0.05) is 42.4 Å². The number of hydrogen-bond acceptors (Lipinski definition) is 7. The predicted molar refractivity (Wildman–Crippen MR) is 171 cm³/mol. The monoisotopic (exact) mass is 612 g/mol. The third kappa shape index (κ3) is 5.69. The van der Waals surface area contributed by atoms with E-state index in [2.05, 4.69) is 45.5 Å². The summed E-state index contributed by atoms with van der Waals surface area (Å²) in [7, 11) is 0. The van der Waals surface area contributed by atoms with E-state index in [0.717, 1.165) is 63.4 Å². The lowest BCUT2D eigenvalue weighted by Gasteiger charge is -2.41. The quantitative estimate of drug-likeness (QED) is 0.188. The molecule has 3 aromatic rings. The summed E-state index contributed by atoms with van der Waals surface area (Å²) in [6, 6.07) is 12.4. The molecular formula is C34H37ClN6O3. The number of anilines is 2. The number of carbonyl (C=O) groups is 1. The van der Waals surface area contributed by atoms with Gasteiger partial charge in [-0.05, 0) is 61.1 Å². The number of carbonyl (C=O) groups excluding carboxylic acids is 1. The molecule has 3 fully saturated rings. The van der Waals surface area contributed by atoms with Crippen molar-refractivity contribution in [2.45, 2.75) is 44.4 Å². The predicted octanol–water partition coefficient (Wildman–Crippen LogP) is 5.16. The fraction of sp³-hybridized carbons (Fsp3) is 0.471. The third-order valence-corrected chi connectivity index (χ3v) is 9.92. The number of amides is 1. The first-order valence-electron chi connectivity index (χ1n) is 15.6. The van der Waals surface area contributed by atoms with Gasteiger partial charge in [0.2, 0.25) is 12.5 Å². The van der Waals surface area contributed by atoms with E-state index in [1.165, 1.54) is 25.3 Å². The van der Waals surface area contributed by atoms with Crippen LogP contribution in [-0.4, -0.2) is 78.9 Å². The van der Waals surface area contributed by atoms with Crippen molar-refractivity contribution in [3.8, 4) is 6.01 Å². The lowest BCUT2D eigenvalue weighted by atomic mass is 10.0. The van der Waals surface area contributed by atoms with E-state index in [1.54, 1.807) is 4.90 Å². The summed E-state index contributed by atoms with van der Waals surface area (Å²) in [4.78, 5) is 32.3. The zero-order valence-corrected chi connectivity index (χ0v) is 25.6. The molecule has 3 atom stereocenters. The Balaban J connectivity index is 1.16. The Hall–Kier alpha value is -3.87. The fourth-order valence-electron chi connectivity index (χ4n) is 7.32. The van der Waals surface area contributed by atoms with Crippen LogP contribution in [0.15, 0.2) is 49.1 Å². The lowest BCUT2D eigenvalue weighted by Crippen LogP contribution is -2.56. The lowest BCUT2D eigenvalue weighted by molar-refractivity contribution is -0.128. The number of piperazine rings is 1. The second-order valence-electron chi connectivity index (χ2n) is 12.3. The van der Waals surface area contributed by atoms with Crippen molar-refractivity contribution in [2.24, 2.45) is 11.8 Å². The normalized spacial score (nSPS) is 24.0. The van der Waals surface area contributed by atoms with Crippen LogP contribution in [0, 0.1) is 18.4 Å². The Morgan fingerprint density at radius 2 is 1.89 bits per heavy atom. The minimum absolute atomic E-state index is 0.143. The summed E-state index contributed by atoms with van der Waals surface area (Å²) >= 11 is 6.70. The molecule has 0 radical (unpaired) electrons. The molecule has 0 spiro atoms. The van der Waals surface area contributed by atoms with Gasteiger partial charge >= 0.3 is 6.01 Å². The van der Waals surface area contributed by atoms with Gasteiger partial charge in [-0.3, -0.25) is 4.79 Å². The molecule has 7 rings (SSSR count). The number of aromatic nitrogens is 2. The number of nitrogens with zero attached hydrogens (tertiary/aromatic N) is 6. The van der Waals surface area contributed by atoms with Crippen LogP contribution >= 0.6 is 11.6 Å². The highest BCUT2D eigenvalue weighted by Crippen LogP contribution is 2.52. The van der Waals surface area contributed by atoms with Crippen LogP contribution in [0.2, 0.25) is 5.02 Å². The van der Waals surface area contributed by atoms with E-state index in [-0.39, 0.29) is 18.5 Å². The summed E-state index contributed by atoms with van der Waals surface area (Å²) in [5.74, 6) is 2.44. The zero-order chi connectivity index (χ0) is 30.2. The van der Waals surface area contributed by atoms with Gasteiger partial charge in [0, 0.05) is 42.8 Å². The van der Waals surface area contributed by atoms with Crippen LogP contribution in [0.25, 0.3) is 15.6 Å². The third-order valence-electron chi connectivity index (χ3n) is 9.61. The van der Waals surface area contributed by atoms with E-state index < -0.39 is 0 Å². The van der Waals surface area contributed by atoms with Crippen LogP contribution in [0.4, 0.5) is 11.5 Å². The van der Waals surface area contributed by atoms with Crippen molar-refractivity contribution in [3.05, 3.63) is 76.8 Å². The molecule has 2 unspecified atom stereocenters. The summed E-state index contributed by atoms with van der Waals surface area (Å²) in [5.41, 5.74) is 3.09. The molecule has 0 bridgehead atoms. The first-order chi connectivity index (χ1) is 21.5. The van der Waals surface area contributed by atoms with Crippen LogP contribution in [0.3, 0.4) is 0 Å². The van der Waals surface area contributed by atoms with Crippen LogP contribution in [-0.2, 0) is 22.5 Å². The molecule has 44 heavy (non-hydrogen) atoms. The number of benzene rings is 2. The van der Waals surface area contributed by atoms with Gasteiger partial charge in [0.05, 0.1) is 30.0 Å². The van der Waals surface area contributed by atoms with Crippen molar-refractivity contribution in [1.82, 2.24) is 14.9 Å². The summed E-state index contributed by atoms with van der Waals surface area (Å²) < 4.78 is 12.3. The standard InChI is InChI=1S/C34H37ClN6O3/c1-3-31(42)41-13-12-40(20-25(41)19-36-2)33-27-10-11-39(30-9-5-7-22-6-4-8-28(35)32(22)30)21-29(27)37-34(38-33)44-15-14-43-26-17-23-16-24(23)18-26/h3-9,23-26H,1,10-21H2/t23?,24?,25-,26?/m0/s1. The molecule has 2 saturated carbocycles. The molecule has 10 heteroatoms. The van der Waals surface area contributed by atoms with Gasteiger partial charge in [-0.2, -0.15) is 9.97 Å². The van der Waals surface area contributed by atoms with Crippen molar-refractivity contribution in [1.29, 1.82) is 0 Å². The van der Waals surface area contributed by atoms with Gasteiger partial charge in [0.15, 0.2) is 0 Å². The Morgan fingerprint density at radius 1 is 1.07 bits per heavy atom. The van der Waals surface area contributed by atoms with E-state index in [1.807, 2.05) is 12.1 Å². The van der Waals surface area contributed by atoms with Crippen molar-refractivity contribution in [2.75, 3.05) is 55.7 Å². The van der Waals surface area contributed by atoms with Crippen molar-refractivity contribution in [3.63, 3.8) is 0 Å². The molecule has 228 valence electrons. The minimum atomic E-state index is -0.245. The molecule has 9 nitrogen and oxygen atoms in total. The number of rotatable bonds is 9. The highest BCUT2D eigenvalue weighted by atomic mass is 35.5. The van der Waals surface area contributed by atoms with E-state index in [0.29, 0.717) is 51.5 Å². The molecule has 0 N–H and O–H groups in total. The van der Waals surface area contributed by atoms with Gasteiger partial charge < -0.3 is 29.0 Å². The van der Waals surface area contributed by atoms with Crippen LogP contribution in [0.1, 0.15) is 30.5 Å². The smallest absolute Gasteiger partial charge is 0.318 e. The molecule has 1 aromatic heterocycles. The highest BCUT2D eigenvalue weighted by Gasteiger charge is 2.46. The molecule has 4 aliphatic rings. The van der Waals surface area contributed by atoms with Crippen LogP contribution < -0.4 is 14.5 Å². The maximum Gasteiger partial charge on any atom is 0.318 e. The highest BCUT2D eigenvalue weighted by molar-refractivity contribution is 6.36. The molecule has 1 amide bonds. The summed E-state index contributed by atoms with van der Waals surface area (Å²) in [5, 5.41) is 2.87. The van der Waals surface area contributed by atoms with E-state index >= 15 is 0 Å². The average Bonchev–Trinajstić information content (AvgIpc) is 3.66. The van der Waals surface area contributed by atoms with Gasteiger partial charge in [0.25, 0.3) is 0 Å². The summed E-state index contributed by atoms with van der Waals surface area (Å²) in [6.45, 7) is 15.3. The van der Waals surface area contributed by atoms with Crippen molar-refractivity contribution < 1.29 is 14.3 Å². The number of ether oxygens (including phenoxy) is 2. The molecule has 3 heterocycles. The molecule has 2 aromatic carbocycles. The second-order valence-corrected chi connectivity index (χ2v) is 12.7. The Bertz CT molecular complexity index is 1610. The SMILES string of the molecule is [C-]#[N+]C[C@H]1CN(c2nc(OCCOC3CC4CC4C3)nc3c2CCN(c2cccc4cccc(Cl)c24)C3)CCN1C(=O)C=C. The van der Waals surface area contributed by atoms with Crippen molar-refractivity contribution >= 4 is 39.8 Å². The minimum Gasteiger partial charge on any atom is -0.461 e. The average molecular weight is 613 g/mol. The first kappa shape index (κ1) is 28.9. The second kappa shape index (κ2) is 12.3. The first-order valence-corrected chi connectivity index (χ1v) is 16.0. The maximum atomic E-state index is 12.5. The van der Waals surface area contributed by atoms with Gasteiger partial charge in [0.1, 0.15) is 18.5 Å². The van der Waals surface area contributed by atoms with Gasteiger partial charge in [-0.15, -0.1) is 0 Å². The van der Waals surface area contributed by atoms with E-state index in [4.69, 9.17) is 37.6 Å². The number of halogens is 1. The molecule has 2 aliphatic carbocycles. The number of hydrogen-bond donors (Lipinski definition) is 0. The summed E-state index contributed by atoms with van der Waals surface area (Å²) in [6.07, 6.45) is 6.14. The largest absolute Gasteiger partial charge is 0.461 e. The van der Waals surface area contributed by atoms with Gasteiger partial charge in [-0.25, -0.2) is 6.57 Å². The Kier molecular flexibility index (Phi) is 8.04. The maximum absolute atomic E-state index is 12.5. The molecule has 1 saturated heterocycles. The fourth-order valence-corrected chi connectivity index (χ4v) is 7.60. The Labute approximate surface area is 263 Å². The van der Waals surface area contributed by atoms with E-state index in [9.17, 15) is 4.79 Å².